The fraction of sp³-hybridized carbons (Fsp3) is 0.364. The van der Waals surface area contributed by atoms with E-state index in [0.29, 0.717) is 34.0 Å². The van der Waals surface area contributed by atoms with E-state index >= 15 is 0 Å². The molecule has 0 spiro atoms. The zero-order chi connectivity index (χ0) is 21.4. The number of carbonyl (C=O) groups excluding carboxylic acids is 2. The van der Waals surface area contributed by atoms with Crippen molar-refractivity contribution >= 4 is 34.6 Å². The fourth-order valence-corrected chi connectivity index (χ4v) is 3.34. The number of rotatable bonds is 8. The summed E-state index contributed by atoms with van der Waals surface area (Å²) < 4.78 is 18.7. The van der Waals surface area contributed by atoms with E-state index in [1.165, 1.54) is 13.3 Å². The summed E-state index contributed by atoms with van der Waals surface area (Å²) in [7, 11) is 1.52. The molecule has 7 nitrogen and oxygen atoms in total. The van der Waals surface area contributed by atoms with Gasteiger partial charge in [-0.2, -0.15) is 0 Å². The van der Waals surface area contributed by atoms with E-state index in [1.807, 2.05) is 0 Å². The van der Waals surface area contributed by atoms with Gasteiger partial charge in [0.25, 0.3) is 0 Å². The molecule has 156 valence electrons. The van der Waals surface area contributed by atoms with Gasteiger partial charge in [0.1, 0.15) is 12.0 Å². The first-order chi connectivity index (χ1) is 14.4. The Hall–Kier alpha value is -3.29. The first kappa shape index (κ1) is 20.0. The molecule has 1 aromatic heterocycles. The number of para-hydroxylation sites is 1. The Morgan fingerprint density at radius 2 is 1.97 bits per heavy atom. The highest BCUT2D eigenvalue weighted by atomic mass is 19.1. The molecule has 3 N–H and O–H groups in total. The molecule has 0 saturated heterocycles. The maximum Gasteiger partial charge on any atom is 0.231 e. The summed E-state index contributed by atoms with van der Waals surface area (Å²) in [4.78, 5) is 29.0. The number of Topliss-reactive ketones (excluding diaryl/α,β-unsaturated/α-hetero) is 1. The summed E-state index contributed by atoms with van der Waals surface area (Å²) in [6, 6.07) is 6.93. The van der Waals surface area contributed by atoms with Crippen molar-refractivity contribution in [2.24, 2.45) is 11.8 Å². The number of halogens is 1. The summed E-state index contributed by atoms with van der Waals surface area (Å²) in [5.41, 5.74) is 2.45. The lowest BCUT2D eigenvalue weighted by Crippen LogP contribution is -2.17. The van der Waals surface area contributed by atoms with Crippen molar-refractivity contribution < 1.29 is 18.7 Å². The third kappa shape index (κ3) is 4.03. The van der Waals surface area contributed by atoms with Crippen LogP contribution in [0.15, 0.2) is 30.5 Å². The molecule has 2 unspecified atom stereocenters. The summed E-state index contributed by atoms with van der Waals surface area (Å²) >= 11 is 0. The number of anilines is 3. The van der Waals surface area contributed by atoms with Crippen LogP contribution < -0.4 is 15.4 Å². The van der Waals surface area contributed by atoms with Gasteiger partial charge in [-0.25, -0.2) is 9.37 Å². The van der Waals surface area contributed by atoms with E-state index in [9.17, 15) is 14.0 Å². The zero-order valence-electron chi connectivity index (χ0n) is 16.8. The highest BCUT2D eigenvalue weighted by Gasteiger charge is 2.43. The second-order valence-electron chi connectivity index (χ2n) is 7.74. The normalized spacial score (nSPS) is 19.7. The quantitative estimate of drug-likeness (QED) is 0.449. The number of ether oxygens (including phenoxy) is 1. The number of nitrogens with one attached hydrogen (secondary N) is 3. The molecule has 2 fully saturated rings. The molecule has 2 saturated carbocycles. The Labute approximate surface area is 173 Å². The molecule has 2 aliphatic rings. The Balaban J connectivity index is 1.68. The van der Waals surface area contributed by atoms with Crippen LogP contribution in [-0.2, 0) is 4.79 Å². The van der Waals surface area contributed by atoms with Crippen LogP contribution in [0.1, 0.15) is 42.1 Å². The number of hydrogen-bond donors (Lipinski definition) is 3. The molecule has 1 aromatic carbocycles. The number of alkyl halides is 1. The van der Waals surface area contributed by atoms with Gasteiger partial charge < -0.3 is 20.8 Å². The number of pyridine rings is 1. The molecule has 0 aliphatic heterocycles. The van der Waals surface area contributed by atoms with Crippen molar-refractivity contribution in [2.75, 3.05) is 17.7 Å². The van der Waals surface area contributed by atoms with Crippen LogP contribution in [0.25, 0.3) is 0 Å². The average molecular weight is 410 g/mol. The Morgan fingerprint density at radius 1 is 1.23 bits per heavy atom. The molecular formula is C22H23FN4O3. The highest BCUT2D eigenvalue weighted by Crippen LogP contribution is 2.38. The van der Waals surface area contributed by atoms with Crippen molar-refractivity contribution in [1.29, 1.82) is 5.41 Å². The predicted molar refractivity (Wildman–Crippen MR) is 112 cm³/mol. The van der Waals surface area contributed by atoms with E-state index in [1.54, 1.807) is 31.2 Å². The van der Waals surface area contributed by atoms with Crippen molar-refractivity contribution in [3.05, 3.63) is 41.6 Å². The molecule has 2 aromatic rings. The van der Waals surface area contributed by atoms with Gasteiger partial charge in [-0.3, -0.25) is 9.59 Å². The lowest BCUT2D eigenvalue weighted by atomic mass is 10.1. The molecule has 30 heavy (non-hydrogen) atoms. The number of hydrogen-bond acceptors (Lipinski definition) is 6. The van der Waals surface area contributed by atoms with Gasteiger partial charge in [0.2, 0.25) is 5.91 Å². The molecule has 0 bridgehead atoms. The topological polar surface area (TPSA) is 104 Å². The van der Waals surface area contributed by atoms with Gasteiger partial charge in [0.15, 0.2) is 11.5 Å². The lowest BCUT2D eigenvalue weighted by Gasteiger charge is -2.17. The highest BCUT2D eigenvalue weighted by molar-refractivity contribution is 6.06. The minimum absolute atomic E-state index is 0.00718. The standard InChI is InChI=1S/C22H23FN4O3/c1-11(24)13-4-3-5-17(21(13)30-2)26-18-9-19(27-22(29)14-8-16(14)23)25-10-15(18)20(28)12-6-7-12/h3-5,9-10,12,14,16,24H,6-8H2,1-2H3,(H2,25,26,27,29). The Kier molecular flexibility index (Phi) is 5.24. The minimum Gasteiger partial charge on any atom is -0.494 e. The van der Waals surface area contributed by atoms with Crippen LogP contribution in [0.5, 0.6) is 5.75 Å². The van der Waals surface area contributed by atoms with Crippen LogP contribution >= 0.6 is 0 Å². The SMILES string of the molecule is COc1c(Nc2cc(NC(=O)C3CC3F)ncc2C(=O)C2CC2)cccc1C(C)=N. The molecule has 1 heterocycles. The first-order valence-corrected chi connectivity index (χ1v) is 9.87. The van der Waals surface area contributed by atoms with E-state index in [4.69, 9.17) is 10.1 Å². The molecule has 2 aliphatic carbocycles. The average Bonchev–Trinajstić information content (AvgIpc) is 3.63. The smallest absolute Gasteiger partial charge is 0.231 e. The van der Waals surface area contributed by atoms with Gasteiger partial charge >= 0.3 is 0 Å². The van der Waals surface area contributed by atoms with Gasteiger partial charge in [-0.15, -0.1) is 0 Å². The van der Waals surface area contributed by atoms with Crippen LogP contribution in [0.3, 0.4) is 0 Å². The fourth-order valence-electron chi connectivity index (χ4n) is 3.34. The molecular weight excluding hydrogens is 387 g/mol. The molecule has 8 heteroatoms. The monoisotopic (exact) mass is 410 g/mol. The van der Waals surface area contributed by atoms with E-state index in [0.717, 1.165) is 12.8 Å². The number of benzene rings is 1. The summed E-state index contributed by atoms with van der Waals surface area (Å²) in [6.07, 6.45) is 2.26. The number of aromatic nitrogens is 1. The van der Waals surface area contributed by atoms with Gasteiger partial charge in [0.05, 0.1) is 30.0 Å². The van der Waals surface area contributed by atoms with Crippen LogP contribution in [-0.4, -0.2) is 35.7 Å². The molecule has 1 amide bonds. The van der Waals surface area contributed by atoms with Gasteiger partial charge in [0, 0.05) is 29.5 Å². The van der Waals surface area contributed by atoms with Gasteiger partial charge in [-0.05, 0) is 38.3 Å². The van der Waals surface area contributed by atoms with Crippen LogP contribution in [0.2, 0.25) is 0 Å². The van der Waals surface area contributed by atoms with Gasteiger partial charge in [-0.1, -0.05) is 6.07 Å². The van der Waals surface area contributed by atoms with Crippen LogP contribution in [0.4, 0.5) is 21.6 Å². The first-order valence-electron chi connectivity index (χ1n) is 9.87. The second-order valence-corrected chi connectivity index (χ2v) is 7.74. The number of amides is 1. The Morgan fingerprint density at radius 3 is 2.57 bits per heavy atom. The third-order valence-electron chi connectivity index (χ3n) is 5.31. The summed E-state index contributed by atoms with van der Waals surface area (Å²) in [5.74, 6) is -0.344. The van der Waals surface area contributed by atoms with Crippen LogP contribution in [0, 0.1) is 17.2 Å². The third-order valence-corrected chi connectivity index (χ3v) is 5.31. The number of carbonyl (C=O) groups is 2. The number of nitrogens with zero attached hydrogens (tertiary/aromatic N) is 1. The summed E-state index contributed by atoms with van der Waals surface area (Å²) in [6.45, 7) is 1.67. The number of ketones is 1. The van der Waals surface area contributed by atoms with E-state index in [2.05, 4.69) is 15.6 Å². The largest absolute Gasteiger partial charge is 0.494 e. The van der Waals surface area contributed by atoms with E-state index < -0.39 is 18.0 Å². The van der Waals surface area contributed by atoms with Crippen molar-refractivity contribution in [3.8, 4) is 5.75 Å². The number of methoxy groups -OCH3 is 1. The minimum atomic E-state index is -1.10. The maximum atomic E-state index is 13.2. The maximum absolute atomic E-state index is 13.2. The van der Waals surface area contributed by atoms with Crippen molar-refractivity contribution in [2.45, 2.75) is 32.4 Å². The van der Waals surface area contributed by atoms with E-state index in [-0.39, 0.29) is 23.9 Å². The summed E-state index contributed by atoms with van der Waals surface area (Å²) in [5, 5.41) is 13.8. The second kappa shape index (κ2) is 7.85. The zero-order valence-corrected chi connectivity index (χ0v) is 16.8. The van der Waals surface area contributed by atoms with Crippen molar-refractivity contribution in [3.63, 3.8) is 0 Å². The molecule has 0 radical (unpaired) electrons. The molecule has 2 atom stereocenters. The predicted octanol–water partition coefficient (Wildman–Crippen LogP) is 4.11. The lowest BCUT2D eigenvalue weighted by molar-refractivity contribution is -0.117. The van der Waals surface area contributed by atoms with Crippen molar-refractivity contribution in [1.82, 2.24) is 4.98 Å². The molecule has 4 rings (SSSR count). The Bertz CT molecular complexity index is 1040.